The van der Waals surface area contributed by atoms with E-state index in [1.807, 2.05) is 38.1 Å². The van der Waals surface area contributed by atoms with Gasteiger partial charge in [0, 0.05) is 43.1 Å². The first-order valence-corrected chi connectivity index (χ1v) is 10.6. The second kappa shape index (κ2) is 10.0. The molecule has 0 spiro atoms. The Bertz CT molecular complexity index is 1100. The Labute approximate surface area is 187 Å². The molecule has 0 saturated carbocycles. The normalized spacial score (nSPS) is 13.5. The highest BCUT2D eigenvalue weighted by Gasteiger charge is 2.13. The van der Waals surface area contributed by atoms with Crippen LogP contribution < -0.4 is 20.3 Å². The Morgan fingerprint density at radius 1 is 1.19 bits per heavy atom. The second-order valence-electron chi connectivity index (χ2n) is 7.57. The summed E-state index contributed by atoms with van der Waals surface area (Å²) in [6, 6.07) is 11.8. The third kappa shape index (κ3) is 5.28. The molecule has 2 aromatic heterocycles. The van der Waals surface area contributed by atoms with Gasteiger partial charge in [0.15, 0.2) is 5.82 Å². The minimum Gasteiger partial charge on any atom is -0.492 e. The fraction of sp³-hybridized carbons (Fsp3) is 0.348. The van der Waals surface area contributed by atoms with Crippen molar-refractivity contribution in [2.24, 2.45) is 0 Å². The van der Waals surface area contributed by atoms with Crippen molar-refractivity contribution in [2.75, 3.05) is 55.0 Å². The van der Waals surface area contributed by atoms with Gasteiger partial charge < -0.3 is 25.0 Å². The lowest BCUT2D eigenvalue weighted by atomic mass is 10.2. The summed E-state index contributed by atoms with van der Waals surface area (Å²) in [4.78, 5) is 10.5. The fourth-order valence-corrected chi connectivity index (χ4v) is 3.54. The number of nitrogens with one attached hydrogen (secondary N) is 3. The van der Waals surface area contributed by atoms with Crippen LogP contribution in [0.3, 0.4) is 0 Å². The van der Waals surface area contributed by atoms with Gasteiger partial charge in [-0.05, 0) is 37.6 Å². The van der Waals surface area contributed by atoms with Crippen molar-refractivity contribution in [3.05, 3.63) is 59.1 Å². The number of rotatable bonds is 8. The maximum Gasteiger partial charge on any atom is 0.231 e. The smallest absolute Gasteiger partial charge is 0.231 e. The number of H-pyrrole nitrogens is 1. The van der Waals surface area contributed by atoms with Gasteiger partial charge in [-0.1, -0.05) is 6.07 Å². The molecule has 9 nitrogen and oxygen atoms in total. The van der Waals surface area contributed by atoms with Gasteiger partial charge in [0.2, 0.25) is 5.69 Å². The summed E-state index contributed by atoms with van der Waals surface area (Å²) in [5.41, 5.74) is 3.43. The van der Waals surface area contributed by atoms with Crippen molar-refractivity contribution in [2.45, 2.75) is 13.8 Å². The molecule has 1 saturated heterocycles. The van der Waals surface area contributed by atoms with Gasteiger partial charge in [-0.3, -0.25) is 5.10 Å². The van der Waals surface area contributed by atoms with Gasteiger partial charge in [-0.2, -0.15) is 5.10 Å². The van der Waals surface area contributed by atoms with Crippen molar-refractivity contribution in [3.8, 4) is 5.75 Å². The number of ether oxygens (including phenoxy) is 2. The first-order valence-electron chi connectivity index (χ1n) is 10.6. The summed E-state index contributed by atoms with van der Waals surface area (Å²) in [7, 11) is 0. The molecule has 1 fully saturated rings. The Morgan fingerprint density at radius 3 is 2.78 bits per heavy atom. The minimum atomic E-state index is 0.445. The van der Waals surface area contributed by atoms with E-state index in [-0.39, 0.29) is 0 Å². The quantitative estimate of drug-likeness (QED) is 0.365. The summed E-state index contributed by atoms with van der Waals surface area (Å²) < 4.78 is 11.4. The monoisotopic (exact) mass is 433 g/mol. The zero-order chi connectivity index (χ0) is 22.3. The number of aromatic nitrogens is 3. The van der Waals surface area contributed by atoms with Gasteiger partial charge in [0.1, 0.15) is 24.0 Å². The van der Waals surface area contributed by atoms with Crippen LogP contribution in [-0.4, -0.2) is 54.6 Å². The summed E-state index contributed by atoms with van der Waals surface area (Å²) in [5, 5.41) is 13.5. The topological polar surface area (TPSA) is 91.7 Å². The average molecular weight is 434 g/mol. The molecule has 3 aromatic rings. The molecule has 9 heteroatoms. The molecule has 0 unspecified atom stereocenters. The van der Waals surface area contributed by atoms with Gasteiger partial charge in [-0.15, -0.1) is 0 Å². The first-order chi connectivity index (χ1) is 15.6. The number of hydrogen-bond acceptors (Lipinski definition) is 7. The summed E-state index contributed by atoms with van der Waals surface area (Å²) >= 11 is 0. The minimum absolute atomic E-state index is 0.445. The SMILES string of the molecule is [C-]#[N+]c1c(C)cc(Nc2cc(C)[nH]n2)nc1NCCOc1cccc(N2CCOCC2)c1. The number of benzene rings is 1. The maximum atomic E-state index is 7.52. The van der Waals surface area contributed by atoms with E-state index in [0.717, 1.165) is 49.0 Å². The average Bonchev–Trinajstić information content (AvgIpc) is 3.22. The molecule has 0 aliphatic carbocycles. The standard InChI is InChI=1S/C23H27N7O2/c1-16-13-20(26-21-14-17(2)28-29-21)27-23(22(16)24-3)25-7-10-32-19-6-4-5-18(15-19)30-8-11-31-12-9-30/h4-6,13-15H,7-12H2,1-2H3,(H3,25,26,27,28,29). The van der Waals surface area contributed by atoms with E-state index < -0.39 is 0 Å². The van der Waals surface area contributed by atoms with Crippen LogP contribution in [0.15, 0.2) is 36.4 Å². The Kier molecular flexibility index (Phi) is 6.72. The maximum absolute atomic E-state index is 7.52. The molecule has 3 heterocycles. The highest BCUT2D eigenvalue weighted by atomic mass is 16.5. The number of anilines is 4. The largest absolute Gasteiger partial charge is 0.492 e. The molecule has 0 atom stereocenters. The Hall–Kier alpha value is -3.77. The predicted octanol–water partition coefficient (Wildman–Crippen LogP) is 4.04. The van der Waals surface area contributed by atoms with Gasteiger partial charge in [-0.25, -0.2) is 9.83 Å². The molecule has 0 radical (unpaired) electrons. The highest BCUT2D eigenvalue weighted by molar-refractivity contribution is 5.73. The third-order valence-corrected chi connectivity index (χ3v) is 5.11. The predicted molar refractivity (Wildman–Crippen MR) is 125 cm³/mol. The lowest BCUT2D eigenvalue weighted by Gasteiger charge is -2.29. The molecule has 1 aliphatic rings. The molecule has 166 valence electrons. The molecule has 4 rings (SSSR count). The van der Waals surface area contributed by atoms with E-state index in [1.165, 1.54) is 0 Å². The number of pyridine rings is 1. The van der Waals surface area contributed by atoms with Crippen LogP contribution in [0.4, 0.5) is 28.8 Å². The number of aromatic amines is 1. The lowest BCUT2D eigenvalue weighted by Crippen LogP contribution is -2.36. The van der Waals surface area contributed by atoms with Gasteiger partial charge >= 0.3 is 0 Å². The van der Waals surface area contributed by atoms with Crippen molar-refractivity contribution < 1.29 is 9.47 Å². The van der Waals surface area contributed by atoms with Crippen molar-refractivity contribution in [1.82, 2.24) is 15.2 Å². The second-order valence-corrected chi connectivity index (χ2v) is 7.57. The molecule has 0 amide bonds. The number of aryl methyl sites for hydroxylation is 2. The van der Waals surface area contributed by atoms with E-state index in [2.05, 4.69) is 47.7 Å². The van der Waals surface area contributed by atoms with Crippen LogP contribution in [0.5, 0.6) is 5.75 Å². The van der Waals surface area contributed by atoms with E-state index in [1.54, 1.807) is 0 Å². The van der Waals surface area contributed by atoms with Crippen LogP contribution in [0.25, 0.3) is 4.85 Å². The van der Waals surface area contributed by atoms with Crippen molar-refractivity contribution in [1.29, 1.82) is 0 Å². The van der Waals surface area contributed by atoms with Crippen molar-refractivity contribution >= 4 is 28.8 Å². The van der Waals surface area contributed by atoms with E-state index in [0.29, 0.717) is 36.3 Å². The van der Waals surface area contributed by atoms with Crippen molar-refractivity contribution in [3.63, 3.8) is 0 Å². The molecule has 1 aromatic carbocycles. The molecular formula is C23H27N7O2. The molecule has 32 heavy (non-hydrogen) atoms. The number of morpholine rings is 1. The Balaban J connectivity index is 1.36. The molecule has 1 aliphatic heterocycles. The fourth-order valence-electron chi connectivity index (χ4n) is 3.54. The highest BCUT2D eigenvalue weighted by Crippen LogP contribution is 2.30. The van der Waals surface area contributed by atoms with Crippen LogP contribution in [0.1, 0.15) is 11.3 Å². The van der Waals surface area contributed by atoms with Crippen LogP contribution in [0.2, 0.25) is 0 Å². The lowest BCUT2D eigenvalue weighted by molar-refractivity contribution is 0.122. The first kappa shape index (κ1) is 21.5. The molecule has 3 N–H and O–H groups in total. The number of hydrogen-bond donors (Lipinski definition) is 3. The van der Waals surface area contributed by atoms with Crippen LogP contribution in [-0.2, 0) is 4.74 Å². The van der Waals surface area contributed by atoms with E-state index in [9.17, 15) is 0 Å². The Morgan fingerprint density at radius 2 is 2.03 bits per heavy atom. The zero-order valence-corrected chi connectivity index (χ0v) is 18.3. The van der Waals surface area contributed by atoms with Crippen LogP contribution >= 0.6 is 0 Å². The molecule has 0 bridgehead atoms. The summed E-state index contributed by atoms with van der Waals surface area (Å²) in [5.74, 6) is 2.65. The number of nitrogens with zero attached hydrogens (tertiary/aromatic N) is 4. The van der Waals surface area contributed by atoms with Gasteiger partial charge in [0.25, 0.3) is 0 Å². The summed E-state index contributed by atoms with van der Waals surface area (Å²) in [6.07, 6.45) is 0. The molecular weight excluding hydrogens is 406 g/mol. The van der Waals surface area contributed by atoms with Crippen LogP contribution in [0, 0.1) is 20.4 Å². The third-order valence-electron chi connectivity index (χ3n) is 5.11. The summed E-state index contributed by atoms with van der Waals surface area (Å²) in [6.45, 7) is 15.6. The van der Waals surface area contributed by atoms with Gasteiger partial charge in [0.05, 0.1) is 19.8 Å². The van der Waals surface area contributed by atoms with E-state index >= 15 is 0 Å². The zero-order valence-electron chi connectivity index (χ0n) is 18.3. The van der Waals surface area contributed by atoms with E-state index in [4.69, 9.17) is 16.0 Å².